The first-order valence-electron chi connectivity index (χ1n) is 37.8. The molecule has 0 rings (SSSR count). The minimum Gasteiger partial charge on any atom is -0.466 e. The van der Waals surface area contributed by atoms with Gasteiger partial charge in [0.2, 0.25) is 5.91 Å². The third kappa shape index (κ3) is 67.9. The van der Waals surface area contributed by atoms with Gasteiger partial charge in [-0.25, -0.2) is 0 Å². The molecular formula is C75H149NO5. The van der Waals surface area contributed by atoms with E-state index in [2.05, 4.69) is 19.2 Å². The number of hydrogen-bond acceptors (Lipinski definition) is 5. The molecule has 2 atom stereocenters. The molecule has 0 aliphatic carbocycles. The summed E-state index contributed by atoms with van der Waals surface area (Å²) in [7, 11) is 0. The zero-order valence-corrected chi connectivity index (χ0v) is 55.6. The van der Waals surface area contributed by atoms with E-state index >= 15 is 0 Å². The van der Waals surface area contributed by atoms with Crippen molar-refractivity contribution < 1.29 is 24.5 Å². The lowest BCUT2D eigenvalue weighted by molar-refractivity contribution is -0.143. The highest BCUT2D eigenvalue weighted by atomic mass is 16.5. The van der Waals surface area contributed by atoms with Crippen LogP contribution in [0.1, 0.15) is 444 Å². The highest BCUT2D eigenvalue weighted by molar-refractivity contribution is 5.76. The molecule has 0 aromatic carbocycles. The van der Waals surface area contributed by atoms with E-state index in [0.717, 1.165) is 38.5 Å². The van der Waals surface area contributed by atoms with Crippen molar-refractivity contribution >= 4 is 11.9 Å². The van der Waals surface area contributed by atoms with Crippen LogP contribution in [0, 0.1) is 0 Å². The molecule has 3 N–H and O–H groups in total. The number of hydrogen-bond donors (Lipinski definition) is 3. The topological polar surface area (TPSA) is 95.9 Å². The van der Waals surface area contributed by atoms with Crippen LogP contribution in [0.4, 0.5) is 0 Å². The summed E-state index contributed by atoms with van der Waals surface area (Å²) in [6, 6.07) is -0.537. The van der Waals surface area contributed by atoms with Crippen LogP contribution in [0.5, 0.6) is 0 Å². The highest BCUT2D eigenvalue weighted by Gasteiger charge is 2.20. The van der Waals surface area contributed by atoms with Crippen molar-refractivity contribution in [3.05, 3.63) is 0 Å². The number of ether oxygens (including phenoxy) is 1. The maximum atomic E-state index is 12.5. The maximum Gasteiger partial charge on any atom is 0.305 e. The molecule has 0 aromatic rings. The van der Waals surface area contributed by atoms with Crippen LogP contribution in [0.3, 0.4) is 0 Å². The summed E-state index contributed by atoms with van der Waals surface area (Å²) in [5.41, 5.74) is 0. The Morgan fingerprint density at radius 1 is 0.296 bits per heavy atom. The van der Waals surface area contributed by atoms with Gasteiger partial charge in [-0.05, 0) is 25.7 Å². The van der Waals surface area contributed by atoms with Gasteiger partial charge in [-0.15, -0.1) is 0 Å². The van der Waals surface area contributed by atoms with Gasteiger partial charge in [-0.1, -0.05) is 406 Å². The van der Waals surface area contributed by atoms with Gasteiger partial charge in [-0.2, -0.15) is 0 Å². The summed E-state index contributed by atoms with van der Waals surface area (Å²) in [6.07, 6.45) is 87.5. The van der Waals surface area contributed by atoms with Crippen LogP contribution in [-0.2, 0) is 14.3 Å². The molecule has 0 saturated heterocycles. The molecule has 6 heteroatoms. The fourth-order valence-electron chi connectivity index (χ4n) is 12.4. The van der Waals surface area contributed by atoms with E-state index in [1.165, 1.54) is 372 Å². The highest BCUT2D eigenvalue weighted by Crippen LogP contribution is 2.20. The lowest BCUT2D eigenvalue weighted by Gasteiger charge is -2.22. The Labute approximate surface area is 508 Å². The predicted octanol–water partition coefficient (Wildman–Crippen LogP) is 24.5. The molecule has 0 fully saturated rings. The van der Waals surface area contributed by atoms with Gasteiger partial charge in [-0.3, -0.25) is 9.59 Å². The second-order valence-electron chi connectivity index (χ2n) is 26.4. The van der Waals surface area contributed by atoms with Crippen molar-refractivity contribution in [2.75, 3.05) is 13.2 Å². The molecule has 0 spiro atoms. The SMILES string of the molecule is CCCCCCCCCCCCCCCCCCCCCC(=O)OCCCCCCCCCCCCCCCCCCCCCCCCCCCCCCCCCC(=O)NC(CO)C(O)CCCCCCCCCCCCCCCC. The molecule has 0 aliphatic rings. The van der Waals surface area contributed by atoms with Crippen LogP contribution in [0.15, 0.2) is 0 Å². The molecule has 0 aromatic heterocycles. The number of aliphatic hydroxyl groups excluding tert-OH is 2. The van der Waals surface area contributed by atoms with Crippen molar-refractivity contribution in [2.45, 2.75) is 456 Å². The van der Waals surface area contributed by atoms with Crippen LogP contribution in [0.2, 0.25) is 0 Å². The predicted molar refractivity (Wildman–Crippen MR) is 357 cm³/mol. The van der Waals surface area contributed by atoms with Gasteiger partial charge < -0.3 is 20.3 Å². The van der Waals surface area contributed by atoms with E-state index in [-0.39, 0.29) is 18.5 Å². The van der Waals surface area contributed by atoms with Gasteiger partial charge in [0.05, 0.1) is 25.4 Å². The fraction of sp³-hybridized carbons (Fsp3) is 0.973. The standard InChI is InChI=1S/C75H149NO5/c1-3-5-7-9-11-13-15-17-19-20-34-38-41-45-49-53-57-61-65-69-75(80)81-70-66-62-58-54-50-46-42-39-36-33-31-29-27-25-23-21-22-24-26-28-30-32-35-37-40-44-48-52-56-60-64-68-74(79)76-72(71-77)73(78)67-63-59-55-51-47-43-18-16-14-12-10-8-6-4-2/h72-73,77-78H,3-71H2,1-2H3,(H,76,79). The number of amides is 1. The van der Waals surface area contributed by atoms with Gasteiger partial charge in [0.15, 0.2) is 0 Å². The Balaban J connectivity index is 3.29. The van der Waals surface area contributed by atoms with E-state index in [1.54, 1.807) is 0 Å². The monoisotopic (exact) mass is 1140 g/mol. The van der Waals surface area contributed by atoms with Crippen LogP contribution >= 0.6 is 0 Å². The smallest absolute Gasteiger partial charge is 0.305 e. The van der Waals surface area contributed by atoms with E-state index in [4.69, 9.17) is 4.74 Å². The second-order valence-corrected chi connectivity index (χ2v) is 26.4. The minimum absolute atomic E-state index is 0.0269. The van der Waals surface area contributed by atoms with Gasteiger partial charge in [0.25, 0.3) is 0 Å². The number of esters is 1. The van der Waals surface area contributed by atoms with E-state index in [1.807, 2.05) is 0 Å². The lowest BCUT2D eigenvalue weighted by Crippen LogP contribution is -2.45. The molecule has 484 valence electrons. The zero-order valence-electron chi connectivity index (χ0n) is 55.6. The average molecular weight is 1150 g/mol. The third-order valence-corrected chi connectivity index (χ3v) is 18.2. The van der Waals surface area contributed by atoms with E-state index in [9.17, 15) is 19.8 Å². The van der Waals surface area contributed by atoms with Gasteiger partial charge in [0.1, 0.15) is 0 Å². The summed E-state index contributed by atoms with van der Waals surface area (Å²) >= 11 is 0. The first kappa shape index (κ1) is 79.9. The average Bonchev–Trinajstić information content (AvgIpc) is 3.47. The van der Waals surface area contributed by atoms with Gasteiger partial charge in [0, 0.05) is 12.8 Å². The maximum absolute atomic E-state index is 12.5. The third-order valence-electron chi connectivity index (χ3n) is 18.2. The number of aliphatic hydroxyl groups is 2. The summed E-state index contributed by atoms with van der Waals surface area (Å²) in [4.78, 5) is 24.6. The molecule has 0 heterocycles. The van der Waals surface area contributed by atoms with Crippen LogP contribution in [0.25, 0.3) is 0 Å². The number of carbonyl (C=O) groups is 2. The number of carbonyl (C=O) groups excluding carboxylic acids is 2. The first-order chi connectivity index (χ1) is 40.0. The van der Waals surface area contributed by atoms with Crippen molar-refractivity contribution in [2.24, 2.45) is 0 Å². The molecule has 81 heavy (non-hydrogen) atoms. The Kier molecular flexibility index (Phi) is 70.3. The van der Waals surface area contributed by atoms with E-state index in [0.29, 0.717) is 25.9 Å². The summed E-state index contributed by atoms with van der Waals surface area (Å²) in [5.74, 6) is -0.000224. The van der Waals surface area contributed by atoms with Gasteiger partial charge >= 0.3 is 5.97 Å². The van der Waals surface area contributed by atoms with E-state index < -0.39 is 12.1 Å². The number of nitrogens with one attached hydrogen (secondary N) is 1. The van der Waals surface area contributed by atoms with Crippen molar-refractivity contribution in [3.8, 4) is 0 Å². The number of unbranched alkanes of at least 4 members (excludes halogenated alkanes) is 61. The number of rotatable bonds is 72. The first-order valence-corrected chi connectivity index (χ1v) is 37.8. The Morgan fingerprint density at radius 2 is 0.506 bits per heavy atom. The van der Waals surface area contributed by atoms with Crippen LogP contribution in [-0.4, -0.2) is 47.4 Å². The second kappa shape index (κ2) is 71.3. The summed E-state index contributed by atoms with van der Waals surface area (Å²) in [5, 5.41) is 23.3. The lowest BCUT2D eigenvalue weighted by atomic mass is 10.0. The molecule has 0 radical (unpaired) electrons. The Morgan fingerprint density at radius 3 is 0.753 bits per heavy atom. The summed E-state index contributed by atoms with van der Waals surface area (Å²) < 4.78 is 5.52. The summed E-state index contributed by atoms with van der Waals surface area (Å²) in [6.45, 7) is 5.01. The molecule has 6 nitrogen and oxygen atoms in total. The molecule has 0 saturated carbocycles. The Hall–Kier alpha value is -1.14. The Bertz CT molecular complexity index is 1180. The van der Waals surface area contributed by atoms with Crippen molar-refractivity contribution in [3.63, 3.8) is 0 Å². The molecule has 1 amide bonds. The normalized spacial score (nSPS) is 12.4. The fourth-order valence-corrected chi connectivity index (χ4v) is 12.4. The van der Waals surface area contributed by atoms with Crippen molar-refractivity contribution in [1.82, 2.24) is 5.32 Å². The minimum atomic E-state index is -0.660. The molecular weight excluding hydrogens is 995 g/mol. The van der Waals surface area contributed by atoms with Crippen LogP contribution < -0.4 is 5.32 Å². The molecule has 0 bridgehead atoms. The quantitative estimate of drug-likeness (QED) is 0.0417. The molecule has 2 unspecified atom stereocenters. The van der Waals surface area contributed by atoms with Crippen molar-refractivity contribution in [1.29, 1.82) is 0 Å². The molecule has 0 aliphatic heterocycles. The zero-order chi connectivity index (χ0) is 58.5. The largest absolute Gasteiger partial charge is 0.466 e.